The number of amides is 1. The molecule has 1 amide bonds. The minimum atomic E-state index is -0.736. The lowest BCUT2D eigenvalue weighted by Gasteiger charge is -2.05. The third kappa shape index (κ3) is 3.24. The van der Waals surface area contributed by atoms with Crippen molar-refractivity contribution in [2.75, 3.05) is 11.9 Å². The first kappa shape index (κ1) is 14.7. The molecule has 0 spiro atoms. The Morgan fingerprint density at radius 2 is 2.05 bits per heavy atom. The number of aromatic nitrogens is 3. The second-order valence-corrected chi connectivity index (χ2v) is 4.68. The zero-order chi connectivity index (χ0) is 14.7. The molecule has 0 aliphatic carbocycles. The van der Waals surface area contributed by atoms with Crippen molar-refractivity contribution in [3.8, 4) is 0 Å². The van der Waals surface area contributed by atoms with Crippen LogP contribution in [0.5, 0.6) is 0 Å². The number of anilines is 1. The molecular weight excluding hydrogens is 308 g/mol. The topological polar surface area (TPSA) is 85.8 Å². The Labute approximate surface area is 123 Å². The van der Waals surface area contributed by atoms with Gasteiger partial charge in [0, 0.05) is 12.2 Å². The van der Waals surface area contributed by atoms with E-state index in [0.717, 1.165) is 0 Å². The van der Waals surface area contributed by atoms with Gasteiger partial charge < -0.3 is 11.1 Å². The van der Waals surface area contributed by atoms with Crippen LogP contribution in [-0.4, -0.2) is 27.4 Å². The van der Waals surface area contributed by atoms with Crippen LogP contribution in [-0.2, 0) is 6.54 Å². The van der Waals surface area contributed by atoms with Crippen molar-refractivity contribution in [1.82, 2.24) is 15.0 Å². The highest BCUT2D eigenvalue weighted by Crippen LogP contribution is 2.27. The van der Waals surface area contributed by atoms with E-state index in [1.807, 2.05) is 0 Å². The van der Waals surface area contributed by atoms with E-state index in [0.29, 0.717) is 13.1 Å². The normalized spacial score (nSPS) is 10.6. The fourth-order valence-corrected chi connectivity index (χ4v) is 1.95. The van der Waals surface area contributed by atoms with Gasteiger partial charge in [0.25, 0.3) is 5.91 Å². The summed E-state index contributed by atoms with van der Waals surface area (Å²) in [5, 5.41) is 9.57. The highest BCUT2D eigenvalue weighted by Gasteiger charge is 2.13. The van der Waals surface area contributed by atoms with Crippen molar-refractivity contribution in [3.63, 3.8) is 0 Å². The molecule has 0 fully saturated rings. The van der Waals surface area contributed by atoms with Crippen molar-refractivity contribution >= 4 is 34.8 Å². The molecular formula is C11H10Cl2FN5O. The molecule has 3 N–H and O–H groups in total. The molecule has 0 saturated carbocycles. The Hall–Kier alpha value is -1.70. The van der Waals surface area contributed by atoms with Gasteiger partial charge in [0.15, 0.2) is 11.5 Å². The fourth-order valence-electron chi connectivity index (χ4n) is 1.47. The van der Waals surface area contributed by atoms with Gasteiger partial charge in [0.2, 0.25) is 0 Å². The smallest absolute Gasteiger partial charge is 0.277 e. The molecule has 0 atom stereocenters. The Kier molecular flexibility index (Phi) is 4.53. The molecule has 1 heterocycles. The standard InChI is InChI=1S/C11H10Cl2FN5O/c12-7-3-6(4-8(13)10(7)14)16-11(20)9-5-19(2-1-15)18-17-9/h3-5H,1-2,15H2,(H,16,20). The first-order chi connectivity index (χ1) is 9.51. The molecule has 0 saturated heterocycles. The fraction of sp³-hybridized carbons (Fsp3) is 0.182. The molecule has 1 aromatic heterocycles. The van der Waals surface area contributed by atoms with E-state index in [2.05, 4.69) is 15.6 Å². The molecule has 0 bridgehead atoms. The molecule has 1 aromatic carbocycles. The lowest BCUT2D eigenvalue weighted by molar-refractivity contribution is 0.102. The quantitative estimate of drug-likeness (QED) is 0.844. The van der Waals surface area contributed by atoms with Crippen molar-refractivity contribution < 1.29 is 9.18 Å². The lowest BCUT2D eigenvalue weighted by atomic mass is 10.3. The van der Waals surface area contributed by atoms with Gasteiger partial charge in [-0.05, 0) is 12.1 Å². The number of carbonyl (C=O) groups is 1. The molecule has 0 aliphatic rings. The third-order valence-corrected chi connectivity index (χ3v) is 2.92. The predicted molar refractivity (Wildman–Crippen MR) is 73.4 cm³/mol. The summed E-state index contributed by atoms with van der Waals surface area (Å²) in [6.07, 6.45) is 1.45. The summed E-state index contributed by atoms with van der Waals surface area (Å²) in [4.78, 5) is 11.9. The van der Waals surface area contributed by atoms with Gasteiger partial charge in [-0.15, -0.1) is 5.10 Å². The van der Waals surface area contributed by atoms with Crippen LogP contribution in [0.4, 0.5) is 10.1 Å². The van der Waals surface area contributed by atoms with Crippen LogP contribution in [0.15, 0.2) is 18.3 Å². The summed E-state index contributed by atoms with van der Waals surface area (Å²) >= 11 is 11.3. The van der Waals surface area contributed by atoms with Gasteiger partial charge in [0.1, 0.15) is 0 Å². The van der Waals surface area contributed by atoms with E-state index in [4.69, 9.17) is 28.9 Å². The van der Waals surface area contributed by atoms with Crippen molar-refractivity contribution in [1.29, 1.82) is 0 Å². The van der Waals surface area contributed by atoms with Crippen LogP contribution in [0.2, 0.25) is 10.0 Å². The summed E-state index contributed by atoms with van der Waals surface area (Å²) in [6, 6.07) is 2.51. The first-order valence-electron chi connectivity index (χ1n) is 5.57. The molecule has 0 aliphatic heterocycles. The number of halogens is 3. The number of rotatable bonds is 4. The summed E-state index contributed by atoms with van der Waals surface area (Å²) in [7, 11) is 0. The number of nitrogens with zero attached hydrogens (tertiary/aromatic N) is 3. The SMILES string of the molecule is NCCn1cc(C(=O)Nc2cc(Cl)c(F)c(Cl)c2)nn1. The number of benzene rings is 1. The molecule has 9 heteroatoms. The minimum Gasteiger partial charge on any atom is -0.329 e. The van der Waals surface area contributed by atoms with Gasteiger partial charge in [-0.3, -0.25) is 9.48 Å². The Morgan fingerprint density at radius 1 is 1.40 bits per heavy atom. The number of hydrogen-bond acceptors (Lipinski definition) is 4. The van der Waals surface area contributed by atoms with Gasteiger partial charge >= 0.3 is 0 Å². The Balaban J connectivity index is 2.14. The molecule has 2 rings (SSSR count). The van der Waals surface area contributed by atoms with Gasteiger partial charge in [-0.1, -0.05) is 28.4 Å². The second kappa shape index (κ2) is 6.17. The number of carbonyl (C=O) groups excluding carboxylic acids is 1. The zero-order valence-electron chi connectivity index (χ0n) is 10.1. The monoisotopic (exact) mass is 317 g/mol. The van der Waals surface area contributed by atoms with E-state index >= 15 is 0 Å². The highest BCUT2D eigenvalue weighted by molar-refractivity contribution is 6.35. The maximum absolute atomic E-state index is 13.2. The molecule has 0 radical (unpaired) electrons. The van der Waals surface area contributed by atoms with E-state index < -0.39 is 11.7 Å². The van der Waals surface area contributed by atoms with E-state index in [9.17, 15) is 9.18 Å². The summed E-state index contributed by atoms with van der Waals surface area (Å²) in [6.45, 7) is 0.835. The summed E-state index contributed by atoms with van der Waals surface area (Å²) in [5.41, 5.74) is 5.73. The van der Waals surface area contributed by atoms with Gasteiger partial charge in [0.05, 0.1) is 22.8 Å². The van der Waals surface area contributed by atoms with E-state index in [-0.39, 0.29) is 21.4 Å². The van der Waals surface area contributed by atoms with Crippen LogP contribution in [0.1, 0.15) is 10.5 Å². The number of nitrogens with two attached hydrogens (primary N) is 1. The molecule has 106 valence electrons. The predicted octanol–water partition coefficient (Wildman–Crippen LogP) is 1.93. The largest absolute Gasteiger partial charge is 0.329 e. The maximum Gasteiger partial charge on any atom is 0.277 e. The van der Waals surface area contributed by atoms with Crippen LogP contribution in [0.25, 0.3) is 0 Å². The average molecular weight is 318 g/mol. The molecule has 6 nitrogen and oxygen atoms in total. The number of hydrogen-bond donors (Lipinski definition) is 2. The van der Waals surface area contributed by atoms with Gasteiger partial charge in [-0.2, -0.15) is 0 Å². The van der Waals surface area contributed by atoms with Crippen molar-refractivity contribution in [2.24, 2.45) is 5.73 Å². The van der Waals surface area contributed by atoms with Crippen LogP contribution in [0, 0.1) is 5.82 Å². The van der Waals surface area contributed by atoms with E-state index in [1.54, 1.807) is 0 Å². The average Bonchev–Trinajstić information content (AvgIpc) is 2.85. The molecule has 20 heavy (non-hydrogen) atoms. The van der Waals surface area contributed by atoms with Crippen LogP contribution in [0.3, 0.4) is 0 Å². The van der Waals surface area contributed by atoms with Crippen molar-refractivity contribution in [2.45, 2.75) is 6.54 Å². The summed E-state index contributed by atoms with van der Waals surface area (Å²) < 4.78 is 14.7. The Bertz CT molecular complexity index is 622. The molecule has 2 aromatic rings. The highest BCUT2D eigenvalue weighted by atomic mass is 35.5. The Morgan fingerprint density at radius 3 is 2.65 bits per heavy atom. The van der Waals surface area contributed by atoms with Crippen molar-refractivity contribution in [3.05, 3.63) is 39.9 Å². The zero-order valence-corrected chi connectivity index (χ0v) is 11.6. The van der Waals surface area contributed by atoms with Crippen LogP contribution < -0.4 is 11.1 Å². The maximum atomic E-state index is 13.2. The minimum absolute atomic E-state index is 0.106. The lowest BCUT2D eigenvalue weighted by Crippen LogP contribution is -2.13. The van der Waals surface area contributed by atoms with E-state index in [1.165, 1.54) is 23.0 Å². The van der Waals surface area contributed by atoms with Gasteiger partial charge in [-0.25, -0.2) is 4.39 Å². The number of nitrogens with one attached hydrogen (secondary N) is 1. The first-order valence-corrected chi connectivity index (χ1v) is 6.33. The summed E-state index contributed by atoms with van der Waals surface area (Å²) in [5.74, 6) is -1.24. The third-order valence-electron chi connectivity index (χ3n) is 2.37. The van der Waals surface area contributed by atoms with Crippen LogP contribution >= 0.6 is 23.2 Å². The second-order valence-electron chi connectivity index (χ2n) is 3.86. The molecule has 0 unspecified atom stereocenters.